The molecule has 144 heavy (non-hydrogen) atoms. The van der Waals surface area contributed by atoms with Crippen molar-refractivity contribution in [2.24, 2.45) is 0 Å². The summed E-state index contributed by atoms with van der Waals surface area (Å²) in [5, 5.41) is 61.2. The Hall–Kier alpha value is -8.20. The zero-order chi connectivity index (χ0) is 97.1. The molecule has 10 heterocycles. The van der Waals surface area contributed by atoms with Crippen molar-refractivity contribution in [3.63, 3.8) is 0 Å². The zero-order valence-electron chi connectivity index (χ0n) is 79.3. The predicted octanol–water partition coefficient (Wildman–Crippen LogP) is 8.32. The molecular weight excluding hydrogens is 2350 g/mol. The molecule has 4 atom stereocenters. The van der Waals surface area contributed by atoms with E-state index in [0.717, 1.165) is 191 Å². The van der Waals surface area contributed by atoms with Crippen molar-refractivity contribution >= 4 is 159 Å². The number of aryl methyl sites for hydroxylation is 3. The van der Waals surface area contributed by atoms with Crippen LogP contribution in [0.4, 0.5) is 56.1 Å². The van der Waals surface area contributed by atoms with E-state index < -0.39 is 23.2 Å². The zero-order valence-corrected chi connectivity index (χ0v) is 95.8. The minimum absolute atomic E-state index is 0. The Balaban J connectivity index is 0.000000578. The number of esters is 1. The number of alkyl halides is 6. The van der Waals surface area contributed by atoms with Crippen molar-refractivity contribution in [2.75, 3.05) is 79.1 Å². The summed E-state index contributed by atoms with van der Waals surface area (Å²) in [6, 6.07) is 84.6. The van der Waals surface area contributed by atoms with Gasteiger partial charge in [-0.25, -0.2) is 14.5 Å². The van der Waals surface area contributed by atoms with E-state index in [2.05, 4.69) is 184 Å². The summed E-state index contributed by atoms with van der Waals surface area (Å²) in [6.45, 7) is 27.0. The molecule has 4 aliphatic rings. The molecule has 0 saturated carbocycles. The first-order valence-electron chi connectivity index (χ1n) is 42.2. The normalized spacial score (nSPS) is 14.2. The standard InChI is InChI=1S/C22H20N4O.C22H23N3O2.C22H21N3O2.C17H16N2O.C5H2ClF3N2.C4H2Cl2N2.C4H2ClIN2.C3H3ClF2O2.CH4.B.FH.2HI.K.2Na.H/c1-16-8-11-22(25-24-16)27-19-12-13-26(15-19)21-10-9-18(14-20(21)23-2)17-6-4-3-5-7-17;2*1-16-7-10-22(24-23-16)27-20-11-12-25(14-20)21-9-8-18(13-19(21)15-26)17-5-3-2-4-6-17;1-18-16-11-14(13-5-3-2-4-6-13)7-8-17(16)19-10-9-15(20)12-19;6-4-2-1-3(10-11-4)5(7,8)9;2*5-3-1-2-4(6)8-7-3;1-8-2(7)3(4,5)6;;;;;;;;;/h3-11,14,19H,12-13,15H2,1H3;2-10,13,20,26H,11-12,14-15H2,1H3;2-10,13,15,20H,11-12,14H2,1H3;2-8,11,15,20H,9-10,12H2;1-2H;2*1-2H;1H3;1H4;;3*1H;;;;/q;;;;;;;;;;;;;3*+1;-1/p-2/t19-;2*20-;15-;;;;;;;;;;;;;/m0000............./s1. The second-order valence-electron chi connectivity index (χ2n) is 30.4. The maximum atomic E-state index is 11.8. The van der Waals surface area contributed by atoms with E-state index in [9.17, 15) is 41.8 Å². The summed E-state index contributed by atoms with van der Waals surface area (Å²) < 4.78 is 80.5. The van der Waals surface area contributed by atoms with Gasteiger partial charge in [0.15, 0.2) is 32.6 Å². The molecule has 0 amide bonds. The molecule has 0 spiro atoms. The Kier molecular flexibility index (Phi) is 59.8. The van der Waals surface area contributed by atoms with E-state index in [0.29, 0.717) is 56.6 Å². The number of β-amino-alcohol motifs (C(OH)–C–C–N with tert-alkyl or cyclic N) is 1. The first-order chi connectivity index (χ1) is 65.5. The molecular formula is C100H95BCl5F6I3KN18Na2O8. The number of benzene rings is 8. The van der Waals surface area contributed by atoms with Gasteiger partial charge in [0, 0.05) is 112 Å². The molecule has 14 aromatic rings. The van der Waals surface area contributed by atoms with E-state index in [1.807, 2.05) is 197 Å². The Bertz CT molecular complexity index is 6210. The van der Waals surface area contributed by atoms with Gasteiger partial charge < -0.3 is 78.9 Å². The summed E-state index contributed by atoms with van der Waals surface area (Å²) in [7, 11) is 0.832. The number of ether oxygens (including phenoxy) is 4. The maximum Gasteiger partial charge on any atom is 1.00 e. The molecule has 737 valence electrons. The molecule has 4 fully saturated rings. The number of methoxy groups -OCH3 is 1. The first-order valence-corrected chi connectivity index (χ1v) is 45.2. The fourth-order valence-electron chi connectivity index (χ4n) is 14.1. The molecule has 0 bridgehead atoms. The molecule has 44 heteroatoms. The van der Waals surface area contributed by atoms with Gasteiger partial charge in [0.2, 0.25) is 29.0 Å². The number of hydrogen-bond donors (Lipinski definition) is 2. The predicted molar refractivity (Wildman–Crippen MR) is 554 cm³/mol. The Morgan fingerprint density at radius 2 is 0.785 bits per heavy atom. The van der Waals surface area contributed by atoms with Crippen LogP contribution < -0.4 is 173 Å². The number of hydrogen-bond acceptors (Lipinski definition) is 24. The molecule has 8 aromatic carbocycles. The number of aromatic nitrogens is 12. The van der Waals surface area contributed by atoms with E-state index in [4.69, 9.17) is 73.8 Å². The Morgan fingerprint density at radius 3 is 1.08 bits per heavy atom. The van der Waals surface area contributed by atoms with Gasteiger partial charge in [0.1, 0.15) is 22.0 Å². The number of anilines is 4. The monoisotopic (exact) mass is 2440 g/mol. The van der Waals surface area contributed by atoms with Crippen LogP contribution in [-0.2, 0) is 22.3 Å². The minimum Gasteiger partial charge on any atom is -1.00 e. The molecule has 4 saturated heterocycles. The fraction of sp³-hybridized carbons (Fsp3) is 0.240. The van der Waals surface area contributed by atoms with E-state index in [-0.39, 0.29) is 217 Å². The van der Waals surface area contributed by atoms with Crippen LogP contribution in [0.25, 0.3) is 54.2 Å². The third kappa shape index (κ3) is 41.7. The van der Waals surface area contributed by atoms with E-state index in [1.165, 1.54) is 0 Å². The Morgan fingerprint density at radius 1 is 0.458 bits per heavy atom. The largest absolute Gasteiger partial charge is 1.00 e. The van der Waals surface area contributed by atoms with Crippen molar-refractivity contribution in [3.8, 4) is 62.1 Å². The summed E-state index contributed by atoms with van der Waals surface area (Å²) in [4.78, 5) is 37.6. The van der Waals surface area contributed by atoms with Crippen LogP contribution in [0, 0.1) is 37.6 Å². The van der Waals surface area contributed by atoms with Crippen molar-refractivity contribution in [1.29, 1.82) is 0 Å². The van der Waals surface area contributed by atoms with Gasteiger partial charge in [-0.05, 0) is 209 Å². The van der Waals surface area contributed by atoms with Crippen LogP contribution in [0.1, 0.15) is 73.2 Å². The number of nitrogens with zero attached hydrogens (tertiary/aromatic N) is 18. The number of rotatable bonds is 17. The van der Waals surface area contributed by atoms with Crippen molar-refractivity contribution in [1.82, 2.24) is 61.2 Å². The molecule has 0 unspecified atom stereocenters. The van der Waals surface area contributed by atoms with Crippen LogP contribution in [-0.4, -0.2) is 181 Å². The fourth-order valence-corrected chi connectivity index (χ4v) is 14.9. The van der Waals surface area contributed by atoms with Crippen LogP contribution in [0.5, 0.6) is 17.6 Å². The van der Waals surface area contributed by atoms with Gasteiger partial charge >= 0.3 is 128 Å². The van der Waals surface area contributed by atoms with Gasteiger partial charge in [-0.1, -0.05) is 199 Å². The van der Waals surface area contributed by atoms with E-state index >= 15 is 0 Å². The van der Waals surface area contributed by atoms with Gasteiger partial charge in [0.25, 0.3) is 0 Å². The average Bonchev–Trinajstić information content (AvgIpc) is 1.38. The molecule has 26 nitrogen and oxygen atoms in total. The summed E-state index contributed by atoms with van der Waals surface area (Å²) in [5.74, 6) is -0.0758. The molecule has 4 aliphatic heterocycles. The van der Waals surface area contributed by atoms with Gasteiger partial charge in [-0.2, -0.15) is 37.2 Å². The second-order valence-corrected chi connectivity index (χ2v) is 33.6. The second kappa shape index (κ2) is 66.3. The topological polar surface area (TPSA) is 288 Å². The SMILES string of the molecule is C.COC(=O)C(F)(F)Cl.Cc1ccc(O[C@H]2CCN(c3ccc(-c4ccccc4)cc3C=O)C2)nn1.Cc1ccc(O[C@H]2CCN(c3ccc(-c4ccccc4)cc3CO)C2)nn1.Clc1ccc(Cl)nn1.Clc1ccc(I)nn1.FC(F)(F)c1ccc(Cl)nn1.I.[B].[C-]#[N+]c1cc(-c2ccccc2)ccc1N1CC[C@H](O)C1.[C-]#[N+]c1cc(-c2ccccc2)ccc1N1CC[C@H](Oc2ccc(C)nn2)C1.[F-].[H-].[I-].[K+].[Na+].[Na+]. The molecule has 2 N–H and O–H groups in total. The quantitative estimate of drug-likeness (QED) is 0.0165. The third-order valence-corrected chi connectivity index (χ3v) is 22.2. The van der Waals surface area contributed by atoms with Gasteiger partial charge in [-0.15, -0.1) is 69.9 Å². The molecule has 3 radical (unpaired) electrons. The van der Waals surface area contributed by atoms with E-state index in [1.54, 1.807) is 24.3 Å². The number of carbonyl (C=O) groups excluding carboxylic acids is 2. The van der Waals surface area contributed by atoms with Crippen molar-refractivity contribution in [3.05, 3.63) is 348 Å². The van der Waals surface area contributed by atoms with Crippen LogP contribution in [0.15, 0.2) is 267 Å². The smallest absolute Gasteiger partial charge is 1.00 e. The van der Waals surface area contributed by atoms with Crippen molar-refractivity contribution < 1.29 is 201 Å². The average molecular weight is 2440 g/mol. The molecule has 6 aromatic heterocycles. The number of aldehydes is 1. The van der Waals surface area contributed by atoms with Crippen LogP contribution >= 0.6 is 105 Å². The van der Waals surface area contributed by atoms with Crippen molar-refractivity contribution in [2.45, 2.75) is 96.5 Å². The summed E-state index contributed by atoms with van der Waals surface area (Å²) in [5.41, 5.74) is 17.2. The molecule has 0 aliphatic carbocycles. The summed E-state index contributed by atoms with van der Waals surface area (Å²) in [6.07, 6.45) is -0.158. The Labute approximate surface area is 995 Å². The van der Waals surface area contributed by atoms with Gasteiger partial charge in [0.05, 0.1) is 69.7 Å². The van der Waals surface area contributed by atoms with Crippen LogP contribution in [0.2, 0.25) is 20.6 Å². The van der Waals surface area contributed by atoms with Gasteiger partial charge in [-0.3, -0.25) is 4.79 Å². The van der Waals surface area contributed by atoms with Crippen LogP contribution in [0.3, 0.4) is 0 Å². The molecule has 18 rings (SSSR count). The summed E-state index contributed by atoms with van der Waals surface area (Å²) >= 11 is 27.7. The maximum absolute atomic E-state index is 11.8. The first kappa shape index (κ1) is 130. The number of halogens is 14. The minimum atomic E-state index is -4.45. The number of carbonyl (C=O) groups is 2. The third-order valence-electron chi connectivity index (χ3n) is 20.7. The number of aliphatic hydroxyl groups excluding tert-OH is 2. The number of aliphatic hydroxyl groups is 2.